The lowest BCUT2D eigenvalue weighted by Crippen LogP contribution is -2.30. The van der Waals surface area contributed by atoms with Crippen LogP contribution < -0.4 is 5.32 Å². The zero-order valence-electron chi connectivity index (χ0n) is 9.56. The van der Waals surface area contributed by atoms with E-state index in [-0.39, 0.29) is 11.9 Å². The monoisotopic (exact) mass is 240 g/mol. The van der Waals surface area contributed by atoms with Gasteiger partial charge in [-0.2, -0.15) is 4.37 Å². The van der Waals surface area contributed by atoms with E-state index in [1.165, 1.54) is 11.5 Å². The maximum absolute atomic E-state index is 11.7. The zero-order chi connectivity index (χ0) is 11.5. The van der Waals surface area contributed by atoms with Gasteiger partial charge in [0.15, 0.2) is 0 Å². The Labute approximate surface area is 99.0 Å². The molecule has 1 saturated heterocycles. The van der Waals surface area contributed by atoms with Crippen molar-refractivity contribution in [3.05, 3.63) is 5.82 Å². The smallest absolute Gasteiger partial charge is 0.244 e. The Balaban J connectivity index is 1.96. The summed E-state index contributed by atoms with van der Waals surface area (Å²) in [6.45, 7) is 2.92. The maximum Gasteiger partial charge on any atom is 0.244 e. The van der Waals surface area contributed by atoms with Crippen LogP contribution in [0.15, 0.2) is 0 Å². The number of nitrogens with one attached hydrogen (secondary N) is 1. The van der Waals surface area contributed by atoms with Crippen molar-refractivity contribution in [3.63, 3.8) is 0 Å². The van der Waals surface area contributed by atoms with Crippen LogP contribution in [-0.4, -0.2) is 39.8 Å². The maximum atomic E-state index is 11.7. The highest BCUT2D eigenvalue weighted by molar-refractivity contribution is 7.09. The highest BCUT2D eigenvalue weighted by atomic mass is 32.1. The first-order valence-corrected chi connectivity index (χ1v) is 6.32. The molecule has 2 heterocycles. The van der Waals surface area contributed by atoms with E-state index in [9.17, 15) is 4.79 Å². The summed E-state index contributed by atoms with van der Waals surface area (Å²) in [6, 6.07) is -0.118. The standard InChI is InChI=1S/C10H16N4OS/c1-3-4-8-12-10(16-13-8)11-7-5-6-14(2)9(7)15/h7H,3-6H2,1-2H3,(H,11,12,13). The van der Waals surface area contributed by atoms with Crippen molar-refractivity contribution in [1.82, 2.24) is 14.3 Å². The van der Waals surface area contributed by atoms with E-state index in [2.05, 4.69) is 21.6 Å². The summed E-state index contributed by atoms with van der Waals surface area (Å²) >= 11 is 1.34. The molecule has 0 spiro atoms. The normalized spacial score (nSPS) is 20.5. The lowest BCUT2D eigenvalue weighted by molar-refractivity contribution is -0.127. The number of likely N-dealkylation sites (tertiary alicyclic amines) is 1. The first-order chi connectivity index (χ1) is 7.70. The molecular weight excluding hydrogens is 224 g/mol. The molecule has 0 aliphatic carbocycles. The Morgan fingerprint density at radius 3 is 3.06 bits per heavy atom. The molecule has 0 radical (unpaired) electrons. The van der Waals surface area contributed by atoms with E-state index in [4.69, 9.17) is 0 Å². The van der Waals surface area contributed by atoms with Gasteiger partial charge in [0, 0.05) is 31.5 Å². The number of aromatic nitrogens is 2. The van der Waals surface area contributed by atoms with Crippen LogP contribution in [0.1, 0.15) is 25.6 Å². The Bertz CT molecular complexity index is 379. The molecule has 0 aromatic carbocycles. The number of hydrogen-bond acceptors (Lipinski definition) is 5. The van der Waals surface area contributed by atoms with Crippen LogP contribution in [0.25, 0.3) is 0 Å². The molecule has 1 unspecified atom stereocenters. The van der Waals surface area contributed by atoms with Crippen molar-refractivity contribution in [3.8, 4) is 0 Å². The molecule has 1 aliphatic heterocycles. The van der Waals surface area contributed by atoms with Gasteiger partial charge in [0.1, 0.15) is 11.9 Å². The highest BCUT2D eigenvalue weighted by Gasteiger charge is 2.29. The molecule has 16 heavy (non-hydrogen) atoms. The van der Waals surface area contributed by atoms with E-state index >= 15 is 0 Å². The summed E-state index contributed by atoms with van der Waals surface area (Å²) in [5, 5.41) is 3.91. The summed E-state index contributed by atoms with van der Waals surface area (Å²) in [4.78, 5) is 17.8. The van der Waals surface area contributed by atoms with Crippen LogP contribution in [0.2, 0.25) is 0 Å². The molecule has 1 aromatic heterocycles. The van der Waals surface area contributed by atoms with Gasteiger partial charge in [-0.25, -0.2) is 4.98 Å². The molecule has 5 nitrogen and oxygen atoms in total. The highest BCUT2D eigenvalue weighted by Crippen LogP contribution is 2.18. The van der Waals surface area contributed by atoms with Crippen LogP contribution >= 0.6 is 11.5 Å². The van der Waals surface area contributed by atoms with Crippen molar-refractivity contribution >= 4 is 22.6 Å². The van der Waals surface area contributed by atoms with Crippen LogP contribution in [0.5, 0.6) is 0 Å². The summed E-state index contributed by atoms with van der Waals surface area (Å²) in [6.07, 6.45) is 2.79. The third-order valence-electron chi connectivity index (χ3n) is 2.67. The van der Waals surface area contributed by atoms with Crippen molar-refractivity contribution in [2.24, 2.45) is 0 Å². The Kier molecular flexibility index (Phi) is 3.38. The number of nitrogens with zero attached hydrogens (tertiary/aromatic N) is 3. The van der Waals surface area contributed by atoms with Crippen LogP contribution in [-0.2, 0) is 11.2 Å². The third-order valence-corrected chi connectivity index (χ3v) is 3.35. The Morgan fingerprint density at radius 1 is 1.62 bits per heavy atom. The topological polar surface area (TPSA) is 58.1 Å². The van der Waals surface area contributed by atoms with Gasteiger partial charge in [-0.1, -0.05) is 6.92 Å². The van der Waals surface area contributed by atoms with E-state index in [1.807, 2.05) is 7.05 Å². The van der Waals surface area contributed by atoms with Gasteiger partial charge in [0.05, 0.1) is 0 Å². The first-order valence-electron chi connectivity index (χ1n) is 5.54. The molecule has 1 aliphatic rings. The number of amides is 1. The minimum absolute atomic E-state index is 0.118. The van der Waals surface area contributed by atoms with Crippen molar-refractivity contribution < 1.29 is 4.79 Å². The number of aryl methyl sites for hydroxylation is 1. The molecule has 1 atom stereocenters. The minimum atomic E-state index is -0.118. The van der Waals surface area contributed by atoms with E-state index in [1.54, 1.807) is 4.90 Å². The van der Waals surface area contributed by atoms with E-state index < -0.39 is 0 Å². The van der Waals surface area contributed by atoms with Gasteiger partial charge in [-0.3, -0.25) is 4.79 Å². The summed E-state index contributed by atoms with van der Waals surface area (Å²) in [7, 11) is 1.83. The molecule has 1 N–H and O–H groups in total. The average molecular weight is 240 g/mol. The predicted octanol–water partition coefficient (Wildman–Crippen LogP) is 1.13. The fourth-order valence-corrected chi connectivity index (χ4v) is 2.41. The molecule has 1 amide bonds. The lowest BCUT2D eigenvalue weighted by Gasteiger charge is -2.10. The zero-order valence-corrected chi connectivity index (χ0v) is 10.4. The van der Waals surface area contributed by atoms with Gasteiger partial charge in [0.25, 0.3) is 0 Å². The fraction of sp³-hybridized carbons (Fsp3) is 0.700. The number of likely N-dealkylation sites (N-methyl/N-ethyl adjacent to an activating group) is 1. The number of carbonyl (C=O) groups excluding carboxylic acids is 1. The molecule has 1 aromatic rings. The third kappa shape index (κ3) is 2.32. The van der Waals surface area contributed by atoms with Crippen LogP contribution in [0.4, 0.5) is 5.13 Å². The van der Waals surface area contributed by atoms with Gasteiger partial charge in [-0.15, -0.1) is 0 Å². The number of hydrogen-bond donors (Lipinski definition) is 1. The van der Waals surface area contributed by atoms with Crippen molar-refractivity contribution in [1.29, 1.82) is 0 Å². The van der Waals surface area contributed by atoms with Gasteiger partial charge in [-0.05, 0) is 12.8 Å². The molecular formula is C10H16N4OS. The number of rotatable bonds is 4. The quantitative estimate of drug-likeness (QED) is 0.857. The second-order valence-electron chi connectivity index (χ2n) is 4.01. The SMILES string of the molecule is CCCc1nsc(NC2CCN(C)C2=O)n1. The second kappa shape index (κ2) is 4.78. The van der Waals surface area contributed by atoms with E-state index in [0.29, 0.717) is 0 Å². The molecule has 88 valence electrons. The molecule has 0 saturated carbocycles. The van der Waals surface area contributed by atoms with Crippen molar-refractivity contribution in [2.45, 2.75) is 32.2 Å². The summed E-state index contributed by atoms with van der Waals surface area (Å²) < 4.78 is 4.24. The lowest BCUT2D eigenvalue weighted by atomic mass is 10.2. The van der Waals surface area contributed by atoms with Crippen LogP contribution in [0, 0.1) is 0 Å². The second-order valence-corrected chi connectivity index (χ2v) is 4.76. The van der Waals surface area contributed by atoms with E-state index in [0.717, 1.165) is 36.8 Å². The van der Waals surface area contributed by atoms with Crippen molar-refractivity contribution in [2.75, 3.05) is 18.9 Å². The molecule has 0 bridgehead atoms. The summed E-state index contributed by atoms with van der Waals surface area (Å²) in [5.41, 5.74) is 0. The largest absolute Gasteiger partial charge is 0.348 e. The van der Waals surface area contributed by atoms with Crippen LogP contribution in [0.3, 0.4) is 0 Å². The number of anilines is 1. The Morgan fingerprint density at radius 2 is 2.44 bits per heavy atom. The van der Waals surface area contributed by atoms with Gasteiger partial charge < -0.3 is 10.2 Å². The molecule has 6 heteroatoms. The predicted molar refractivity (Wildman–Crippen MR) is 63.6 cm³/mol. The molecule has 2 rings (SSSR count). The minimum Gasteiger partial charge on any atom is -0.348 e. The Hall–Kier alpha value is -1.17. The first kappa shape index (κ1) is 11.3. The fourth-order valence-electron chi connectivity index (χ4n) is 1.74. The van der Waals surface area contributed by atoms with Gasteiger partial charge in [0.2, 0.25) is 11.0 Å². The molecule has 1 fully saturated rings. The number of carbonyl (C=O) groups is 1. The average Bonchev–Trinajstić information content (AvgIpc) is 2.82. The summed E-state index contributed by atoms with van der Waals surface area (Å²) in [5.74, 6) is 1.01. The van der Waals surface area contributed by atoms with Gasteiger partial charge >= 0.3 is 0 Å².